The van der Waals surface area contributed by atoms with Crippen molar-refractivity contribution in [2.45, 2.75) is 24.8 Å². The van der Waals surface area contributed by atoms with E-state index in [9.17, 15) is 53.1 Å². The van der Waals surface area contributed by atoms with Crippen molar-refractivity contribution < 1.29 is 57.8 Å². The number of halogens is 3. The molecule has 0 unspecified atom stereocenters. The Balaban J connectivity index is 1.62. The summed E-state index contributed by atoms with van der Waals surface area (Å²) in [6.07, 6.45) is 0.0970. The zero-order valence-corrected chi connectivity index (χ0v) is 23.3. The number of amides is 5. The van der Waals surface area contributed by atoms with Crippen molar-refractivity contribution >= 4 is 48.4 Å². The summed E-state index contributed by atoms with van der Waals surface area (Å²) >= 11 is 6.07. The van der Waals surface area contributed by atoms with Crippen LogP contribution in [-0.4, -0.2) is 99.1 Å². The second-order valence-corrected chi connectivity index (χ2v) is 10.2. The Morgan fingerprint density at radius 1 is 1.14 bits per heavy atom. The molecule has 8 N–H and O–H groups in total. The van der Waals surface area contributed by atoms with E-state index >= 15 is 0 Å². The van der Waals surface area contributed by atoms with Crippen LogP contribution in [0.15, 0.2) is 18.2 Å². The fraction of sp³-hybridized carbons (Fsp3) is 0.320. The molecular weight excluding hydrogens is 615 g/mol. The molecule has 0 saturated carbocycles. The number of fused-ring (bicyclic) bond motifs is 1. The van der Waals surface area contributed by atoms with Gasteiger partial charge in [-0.15, -0.1) is 0 Å². The van der Waals surface area contributed by atoms with E-state index in [0.29, 0.717) is 17.4 Å². The molecule has 0 spiro atoms. The molecule has 0 aromatic heterocycles. The summed E-state index contributed by atoms with van der Waals surface area (Å²) in [5, 5.41) is 43.4. The molecule has 0 aliphatic carbocycles. The van der Waals surface area contributed by atoms with Gasteiger partial charge in [0.1, 0.15) is 23.2 Å². The minimum Gasteiger partial charge on any atom is -0.534 e. The van der Waals surface area contributed by atoms with E-state index in [2.05, 4.69) is 10.6 Å². The highest BCUT2D eigenvalue weighted by Crippen LogP contribution is 2.40. The first kappa shape index (κ1) is 32.2. The predicted octanol–water partition coefficient (Wildman–Crippen LogP) is -0.362. The van der Waals surface area contributed by atoms with Gasteiger partial charge in [0.25, 0.3) is 0 Å². The number of imide groups is 1. The summed E-state index contributed by atoms with van der Waals surface area (Å²) in [7, 11) is -1.94. The number of phenolic OH excluding ortho intramolecular Hbond substituents is 2. The summed E-state index contributed by atoms with van der Waals surface area (Å²) in [5.74, 6) is -11.9. The molecule has 2 aromatic rings. The molecule has 2 aliphatic rings. The molecule has 5 amide bonds. The standard InChI is InChI=1S/C25H25BClF2N5O10/c27-16-11(9-13(29)18(35)19(16)36)17(32-25(42)34-7-6-33(5-1-4-30)22(38)23(34)39)21(37)31-14-8-10-2-3-12(28)15(24(40)41)20(10)44-26(14)43/h2-3,9,14,17,35-36,43H,1,4-8,30H2,(H,31,37)(H,32,42)(H,40,41)/t14-,17+/m0/s1. The molecule has 2 heterocycles. The highest BCUT2D eigenvalue weighted by Gasteiger charge is 2.42. The lowest BCUT2D eigenvalue weighted by Crippen LogP contribution is -2.60. The number of hydrogen-bond donors (Lipinski definition) is 7. The number of carbonyl (C=O) groups excluding carboxylic acids is 4. The summed E-state index contributed by atoms with van der Waals surface area (Å²) in [6, 6.07) is -0.739. The number of aromatic carboxylic acids is 1. The van der Waals surface area contributed by atoms with Gasteiger partial charge in [-0.1, -0.05) is 17.7 Å². The Labute approximate surface area is 252 Å². The number of rotatable bonds is 8. The van der Waals surface area contributed by atoms with Gasteiger partial charge in [-0.05, 0) is 37.1 Å². The lowest BCUT2D eigenvalue weighted by molar-refractivity contribution is -0.153. The van der Waals surface area contributed by atoms with E-state index in [1.807, 2.05) is 0 Å². The van der Waals surface area contributed by atoms with Crippen molar-refractivity contribution in [3.05, 3.63) is 51.5 Å². The Morgan fingerprint density at radius 2 is 1.84 bits per heavy atom. The van der Waals surface area contributed by atoms with Crippen molar-refractivity contribution in [3.8, 4) is 17.2 Å². The van der Waals surface area contributed by atoms with E-state index in [1.165, 1.54) is 11.0 Å². The van der Waals surface area contributed by atoms with Crippen LogP contribution in [0.3, 0.4) is 0 Å². The molecule has 2 aliphatic heterocycles. The van der Waals surface area contributed by atoms with E-state index in [4.69, 9.17) is 22.0 Å². The summed E-state index contributed by atoms with van der Waals surface area (Å²) in [6.45, 7) is 0.0826. The summed E-state index contributed by atoms with van der Waals surface area (Å²) in [5.41, 5.74) is 4.09. The van der Waals surface area contributed by atoms with Crippen LogP contribution < -0.4 is 21.0 Å². The van der Waals surface area contributed by atoms with E-state index in [1.54, 1.807) is 0 Å². The highest BCUT2D eigenvalue weighted by molar-refractivity contribution is 6.47. The van der Waals surface area contributed by atoms with Crippen LogP contribution in [-0.2, 0) is 20.8 Å². The van der Waals surface area contributed by atoms with E-state index < -0.39 is 93.9 Å². The normalized spacial score (nSPS) is 17.1. The van der Waals surface area contributed by atoms with Gasteiger partial charge in [-0.2, -0.15) is 0 Å². The van der Waals surface area contributed by atoms with Gasteiger partial charge in [0.15, 0.2) is 17.3 Å². The van der Waals surface area contributed by atoms with Crippen LogP contribution in [0.5, 0.6) is 17.2 Å². The van der Waals surface area contributed by atoms with Crippen LogP contribution in [0.1, 0.15) is 33.9 Å². The van der Waals surface area contributed by atoms with Gasteiger partial charge >= 0.3 is 30.9 Å². The zero-order valence-electron chi connectivity index (χ0n) is 22.6. The minimum absolute atomic E-state index is 0.0474. The molecule has 4 rings (SSSR count). The van der Waals surface area contributed by atoms with Gasteiger partial charge in [0.05, 0.1) is 11.0 Å². The Kier molecular flexibility index (Phi) is 9.46. The molecule has 15 nitrogen and oxygen atoms in total. The highest BCUT2D eigenvalue weighted by atomic mass is 35.5. The average molecular weight is 640 g/mol. The monoisotopic (exact) mass is 639 g/mol. The lowest BCUT2D eigenvalue weighted by Gasteiger charge is -2.34. The van der Waals surface area contributed by atoms with Crippen molar-refractivity contribution in [3.63, 3.8) is 0 Å². The molecular formula is C25H25BClF2N5O10. The first-order valence-electron chi connectivity index (χ1n) is 13.0. The molecule has 1 saturated heterocycles. The van der Waals surface area contributed by atoms with Crippen LogP contribution in [0.25, 0.3) is 0 Å². The molecule has 0 bridgehead atoms. The van der Waals surface area contributed by atoms with Gasteiger partial charge < -0.3 is 46.3 Å². The van der Waals surface area contributed by atoms with Crippen LogP contribution >= 0.6 is 11.6 Å². The maximum atomic E-state index is 14.4. The number of aromatic hydroxyl groups is 2. The van der Waals surface area contributed by atoms with Gasteiger partial charge in [-0.3, -0.25) is 19.3 Å². The average Bonchev–Trinajstić information content (AvgIpc) is 2.97. The fourth-order valence-electron chi connectivity index (χ4n) is 4.71. The molecule has 2 aromatic carbocycles. The maximum absolute atomic E-state index is 14.4. The van der Waals surface area contributed by atoms with Crippen molar-refractivity contribution in [1.29, 1.82) is 0 Å². The quantitative estimate of drug-likeness (QED) is 0.112. The second-order valence-electron chi connectivity index (χ2n) is 9.78. The molecule has 0 radical (unpaired) electrons. The predicted molar refractivity (Wildman–Crippen MR) is 146 cm³/mol. The third kappa shape index (κ3) is 6.17. The number of carboxylic acids is 1. The molecule has 44 heavy (non-hydrogen) atoms. The van der Waals surface area contributed by atoms with Crippen LogP contribution in [0.2, 0.25) is 5.02 Å². The molecule has 1 fully saturated rings. The largest absolute Gasteiger partial charge is 0.547 e. The Morgan fingerprint density at radius 3 is 2.50 bits per heavy atom. The topological polar surface area (TPSA) is 232 Å². The second kappa shape index (κ2) is 12.9. The Hall–Kier alpha value is -4.68. The SMILES string of the molecule is NCCCN1CCN(C(=O)N[C@@H](C(=O)N[C@H]2Cc3ccc(F)c(C(=O)O)c3OB2O)c2cc(F)c(O)c(O)c2Cl)C(=O)C1=O. The number of nitrogens with zero attached hydrogens (tertiary/aromatic N) is 2. The van der Waals surface area contributed by atoms with Crippen molar-refractivity contribution in [1.82, 2.24) is 20.4 Å². The minimum atomic E-state index is -2.01. The zero-order chi connectivity index (χ0) is 32.5. The third-order valence-electron chi connectivity index (χ3n) is 6.97. The van der Waals surface area contributed by atoms with Gasteiger partial charge in [-0.25, -0.2) is 18.4 Å². The number of nitrogens with two attached hydrogens (primary N) is 1. The van der Waals surface area contributed by atoms with Crippen LogP contribution in [0.4, 0.5) is 13.6 Å². The number of nitrogens with one attached hydrogen (secondary N) is 2. The number of benzene rings is 2. The fourth-order valence-corrected chi connectivity index (χ4v) is 4.96. The summed E-state index contributed by atoms with van der Waals surface area (Å²) < 4.78 is 33.7. The van der Waals surface area contributed by atoms with Gasteiger partial charge in [0, 0.05) is 25.2 Å². The summed E-state index contributed by atoms with van der Waals surface area (Å²) in [4.78, 5) is 65.1. The number of urea groups is 1. The number of hydrogen-bond acceptors (Lipinski definition) is 10. The smallest absolute Gasteiger partial charge is 0.534 e. The first-order chi connectivity index (χ1) is 20.8. The maximum Gasteiger partial charge on any atom is 0.547 e. The lowest BCUT2D eigenvalue weighted by atomic mass is 9.72. The number of piperazine rings is 1. The molecule has 234 valence electrons. The van der Waals surface area contributed by atoms with E-state index in [-0.39, 0.29) is 38.2 Å². The van der Waals surface area contributed by atoms with E-state index in [0.717, 1.165) is 6.07 Å². The van der Waals surface area contributed by atoms with Crippen molar-refractivity contribution in [2.75, 3.05) is 26.2 Å². The Bertz CT molecular complexity index is 1550. The number of carbonyl (C=O) groups is 5. The third-order valence-corrected chi connectivity index (χ3v) is 7.37. The van der Waals surface area contributed by atoms with Crippen molar-refractivity contribution in [2.24, 2.45) is 5.73 Å². The first-order valence-corrected chi connectivity index (χ1v) is 13.3. The number of phenols is 2. The molecule has 2 atom stereocenters. The van der Waals surface area contributed by atoms with Gasteiger partial charge in [0.2, 0.25) is 5.91 Å². The van der Waals surface area contributed by atoms with Crippen LogP contribution in [0, 0.1) is 11.6 Å². The number of carboxylic acid groups (broad SMARTS) is 1. The molecule has 19 heteroatoms.